The van der Waals surface area contributed by atoms with Gasteiger partial charge in [0.15, 0.2) is 0 Å². The molecule has 0 fully saturated rings. The molecule has 0 saturated heterocycles. The molecule has 4 nitrogen and oxygen atoms in total. The van der Waals surface area contributed by atoms with Gasteiger partial charge in [-0.3, -0.25) is 9.20 Å². The number of para-hydroxylation sites is 3. The van der Waals surface area contributed by atoms with Crippen LogP contribution in [0.5, 0.6) is 0 Å². The highest BCUT2D eigenvalue weighted by Crippen LogP contribution is 2.47. The van der Waals surface area contributed by atoms with E-state index >= 15 is 0 Å². The van der Waals surface area contributed by atoms with E-state index in [-0.39, 0.29) is 5.56 Å². The highest BCUT2D eigenvalue weighted by Gasteiger charge is 2.25. The molecule has 4 heteroatoms. The largest absolute Gasteiger partial charge is 0.455 e. The lowest BCUT2D eigenvalue weighted by molar-refractivity contribution is 0.663. The first kappa shape index (κ1) is 21.5. The summed E-state index contributed by atoms with van der Waals surface area (Å²) in [6.07, 6.45) is 0. The first-order valence-electron chi connectivity index (χ1n) is 13.4. The third-order valence-corrected chi connectivity index (χ3v) is 8.13. The first-order chi connectivity index (χ1) is 19.8. The fourth-order valence-electron chi connectivity index (χ4n) is 6.42. The van der Waals surface area contributed by atoms with E-state index in [1.54, 1.807) is 4.40 Å². The molecular formula is C36H20N2O2. The van der Waals surface area contributed by atoms with Crippen molar-refractivity contribution in [2.75, 3.05) is 0 Å². The molecule has 0 unspecified atom stereocenters. The fraction of sp³-hybridized carbons (Fsp3) is 0. The average molecular weight is 513 g/mol. The van der Waals surface area contributed by atoms with Crippen LogP contribution in [0.25, 0.3) is 82.4 Å². The van der Waals surface area contributed by atoms with E-state index in [0.717, 1.165) is 71.4 Å². The molecule has 9 aromatic rings. The molecule has 0 aliphatic heterocycles. The van der Waals surface area contributed by atoms with Crippen molar-refractivity contribution >= 4 is 60.2 Å². The lowest BCUT2D eigenvalue weighted by Crippen LogP contribution is -2.14. The monoisotopic (exact) mass is 512 g/mol. The smallest absolute Gasteiger partial charge is 0.264 e. The van der Waals surface area contributed by atoms with Gasteiger partial charge < -0.3 is 4.42 Å². The minimum Gasteiger partial charge on any atom is -0.455 e. The number of benzene rings is 6. The van der Waals surface area contributed by atoms with E-state index in [1.807, 2.05) is 72.8 Å². The van der Waals surface area contributed by atoms with Crippen molar-refractivity contribution in [3.8, 4) is 22.3 Å². The van der Waals surface area contributed by atoms with Crippen LogP contribution in [0.15, 0.2) is 131 Å². The quantitative estimate of drug-likeness (QED) is 0.172. The normalized spacial score (nSPS) is 12.1. The van der Waals surface area contributed by atoms with Gasteiger partial charge >= 0.3 is 0 Å². The van der Waals surface area contributed by atoms with Gasteiger partial charge in [-0.15, -0.1) is 0 Å². The van der Waals surface area contributed by atoms with E-state index in [0.29, 0.717) is 11.0 Å². The Morgan fingerprint density at radius 2 is 1.23 bits per heavy atom. The third kappa shape index (κ3) is 2.74. The molecule has 0 radical (unpaired) electrons. The maximum Gasteiger partial charge on any atom is 0.264 e. The van der Waals surface area contributed by atoms with Crippen LogP contribution >= 0.6 is 0 Å². The van der Waals surface area contributed by atoms with Crippen molar-refractivity contribution in [3.63, 3.8) is 0 Å². The number of aromatic nitrogens is 2. The first-order valence-corrected chi connectivity index (χ1v) is 13.4. The van der Waals surface area contributed by atoms with Gasteiger partial charge in [0, 0.05) is 37.9 Å². The summed E-state index contributed by atoms with van der Waals surface area (Å²) in [7, 11) is 0. The molecule has 6 aromatic carbocycles. The summed E-state index contributed by atoms with van der Waals surface area (Å²) in [4.78, 5) is 19.4. The van der Waals surface area contributed by atoms with E-state index < -0.39 is 0 Å². The summed E-state index contributed by atoms with van der Waals surface area (Å²) < 4.78 is 8.52. The van der Waals surface area contributed by atoms with Gasteiger partial charge in [-0.2, -0.15) is 0 Å². The van der Waals surface area contributed by atoms with Gasteiger partial charge in [0.1, 0.15) is 16.8 Å². The van der Waals surface area contributed by atoms with Crippen molar-refractivity contribution in [1.82, 2.24) is 9.38 Å². The van der Waals surface area contributed by atoms with Gasteiger partial charge in [-0.25, -0.2) is 4.98 Å². The number of pyridine rings is 1. The van der Waals surface area contributed by atoms with Crippen LogP contribution in [-0.4, -0.2) is 9.38 Å². The van der Waals surface area contributed by atoms with E-state index in [4.69, 9.17) is 9.40 Å². The Morgan fingerprint density at radius 1 is 0.575 bits per heavy atom. The molecule has 0 atom stereocenters. The Balaban J connectivity index is 1.66. The molecule has 0 amide bonds. The number of nitrogens with zero attached hydrogens (tertiary/aromatic N) is 2. The second-order valence-electron chi connectivity index (χ2n) is 10.3. The summed E-state index contributed by atoms with van der Waals surface area (Å²) in [6, 6.07) is 40.9. The predicted molar refractivity (Wildman–Crippen MR) is 163 cm³/mol. The number of rotatable bonds is 2. The zero-order chi connectivity index (χ0) is 26.4. The molecule has 40 heavy (non-hydrogen) atoms. The molecule has 9 rings (SSSR count). The van der Waals surface area contributed by atoms with Crippen LogP contribution in [0.2, 0.25) is 0 Å². The van der Waals surface area contributed by atoms with Crippen molar-refractivity contribution < 1.29 is 4.42 Å². The molecule has 0 saturated carbocycles. The molecule has 0 N–H and O–H groups in total. The summed E-state index contributed by atoms with van der Waals surface area (Å²) in [5.41, 5.74) is 7.88. The number of hydrogen-bond acceptors (Lipinski definition) is 3. The zero-order valence-electron chi connectivity index (χ0n) is 21.3. The van der Waals surface area contributed by atoms with Crippen molar-refractivity contribution in [2.45, 2.75) is 0 Å². The van der Waals surface area contributed by atoms with Crippen LogP contribution < -0.4 is 5.56 Å². The zero-order valence-corrected chi connectivity index (χ0v) is 21.3. The highest BCUT2D eigenvalue weighted by atomic mass is 16.3. The topological polar surface area (TPSA) is 47.5 Å². The van der Waals surface area contributed by atoms with E-state index in [1.165, 1.54) is 0 Å². The Labute approximate surface area is 227 Å². The Bertz CT molecular complexity index is 2490. The molecule has 0 aliphatic rings. The standard InChI is InChI=1S/C36H20N2O2/c39-36-27-20-25(22-13-5-2-6-14-22)34-33-31(23-15-7-10-18-30(23)40-34)24(21-11-3-1-4-12-21)19-26(32(27)33)35-37-28-16-8-9-17-29(28)38(35)36/h1-20H. The van der Waals surface area contributed by atoms with Gasteiger partial charge in [0.05, 0.1) is 11.0 Å². The predicted octanol–water partition coefficient (Wildman–Crippen LogP) is 8.83. The number of imidazole rings is 1. The van der Waals surface area contributed by atoms with Crippen molar-refractivity contribution in [3.05, 3.63) is 132 Å². The summed E-state index contributed by atoms with van der Waals surface area (Å²) >= 11 is 0. The second kappa shape index (κ2) is 7.78. The lowest BCUT2D eigenvalue weighted by atomic mass is 9.87. The molecule has 0 bridgehead atoms. The van der Waals surface area contributed by atoms with Gasteiger partial charge in [-0.1, -0.05) is 91.0 Å². The molecule has 3 aromatic heterocycles. The molecule has 3 heterocycles. The SMILES string of the molecule is O=c1c2cc(-c3ccccc3)c3oc4ccccc4c4c(-c5ccccc5)cc(c2c34)c2nc3ccccc3n12. The number of hydrogen-bond donors (Lipinski definition) is 0. The third-order valence-electron chi connectivity index (χ3n) is 8.13. The minimum atomic E-state index is -0.0720. The molecular weight excluding hydrogens is 492 g/mol. The van der Waals surface area contributed by atoms with Crippen molar-refractivity contribution in [2.24, 2.45) is 0 Å². The second-order valence-corrected chi connectivity index (χ2v) is 10.3. The Morgan fingerprint density at radius 3 is 2.02 bits per heavy atom. The average Bonchev–Trinajstić information content (AvgIpc) is 3.41. The molecule has 186 valence electrons. The van der Waals surface area contributed by atoms with Gasteiger partial charge in [-0.05, 0) is 47.0 Å². The van der Waals surface area contributed by atoms with Gasteiger partial charge in [0.25, 0.3) is 5.56 Å². The van der Waals surface area contributed by atoms with Crippen LogP contribution in [0, 0.1) is 0 Å². The fourth-order valence-corrected chi connectivity index (χ4v) is 6.42. The number of fused-ring (bicyclic) bond motifs is 6. The maximum absolute atomic E-state index is 14.4. The van der Waals surface area contributed by atoms with Crippen LogP contribution in [-0.2, 0) is 0 Å². The molecule has 0 aliphatic carbocycles. The summed E-state index contributed by atoms with van der Waals surface area (Å²) in [5.74, 6) is 0. The van der Waals surface area contributed by atoms with Crippen LogP contribution in [0.3, 0.4) is 0 Å². The molecule has 0 spiro atoms. The maximum atomic E-state index is 14.4. The van der Waals surface area contributed by atoms with Crippen LogP contribution in [0.4, 0.5) is 0 Å². The van der Waals surface area contributed by atoms with Crippen LogP contribution in [0.1, 0.15) is 0 Å². The summed E-state index contributed by atoms with van der Waals surface area (Å²) in [6.45, 7) is 0. The Kier molecular flexibility index (Phi) is 4.17. The summed E-state index contributed by atoms with van der Waals surface area (Å²) in [5, 5.41) is 5.55. The van der Waals surface area contributed by atoms with E-state index in [9.17, 15) is 4.79 Å². The highest BCUT2D eigenvalue weighted by molar-refractivity contribution is 6.34. The van der Waals surface area contributed by atoms with E-state index in [2.05, 4.69) is 48.5 Å². The minimum absolute atomic E-state index is 0.0720. The van der Waals surface area contributed by atoms with Gasteiger partial charge in [0.2, 0.25) is 0 Å². The lowest BCUT2D eigenvalue weighted by Gasteiger charge is -2.19. The van der Waals surface area contributed by atoms with Crippen molar-refractivity contribution in [1.29, 1.82) is 0 Å². The Hall–Kier alpha value is -5.48.